The molecule has 1 saturated heterocycles. The van der Waals surface area contributed by atoms with Crippen molar-refractivity contribution in [3.8, 4) is 16.9 Å². The monoisotopic (exact) mass is 549 g/mol. The summed E-state index contributed by atoms with van der Waals surface area (Å²) in [7, 11) is -3.56. The number of likely N-dealkylation sites (tertiary alicyclic amines) is 1. The van der Waals surface area contributed by atoms with E-state index in [0.717, 1.165) is 34.7 Å². The van der Waals surface area contributed by atoms with Crippen LogP contribution < -0.4 is 10.2 Å². The topological polar surface area (TPSA) is 112 Å². The third-order valence-electron chi connectivity index (χ3n) is 6.40. The second-order valence-corrected chi connectivity index (χ2v) is 10.6. The van der Waals surface area contributed by atoms with E-state index in [4.69, 9.17) is 19.2 Å². The number of ether oxygens (including phenoxy) is 1. The molecule has 3 aromatic rings. The van der Waals surface area contributed by atoms with Crippen molar-refractivity contribution in [2.75, 3.05) is 32.8 Å². The van der Waals surface area contributed by atoms with Gasteiger partial charge in [-0.1, -0.05) is 24.3 Å². The summed E-state index contributed by atoms with van der Waals surface area (Å²) >= 11 is 0. The van der Waals surface area contributed by atoms with Crippen LogP contribution in [0.4, 0.5) is 0 Å². The fourth-order valence-corrected chi connectivity index (χ4v) is 5.83. The number of fused-ring (bicyclic) bond motifs is 1. The number of furan rings is 1. The van der Waals surface area contributed by atoms with Gasteiger partial charge >= 0.3 is 0 Å². The van der Waals surface area contributed by atoms with Gasteiger partial charge in [0.05, 0.1) is 17.7 Å². The van der Waals surface area contributed by atoms with Crippen LogP contribution in [0.1, 0.15) is 24.2 Å². The first kappa shape index (κ1) is 28.7. The van der Waals surface area contributed by atoms with Gasteiger partial charge in [0.2, 0.25) is 16.4 Å². The largest absolute Gasteiger partial charge is 0.492 e. The molecule has 0 spiro atoms. The molecule has 11 heteroatoms. The van der Waals surface area contributed by atoms with E-state index in [1.54, 1.807) is 18.4 Å². The fraction of sp³-hybridized carbons (Fsp3) is 0.346. The molecule has 37 heavy (non-hydrogen) atoms. The second kappa shape index (κ2) is 13.6. The van der Waals surface area contributed by atoms with Crippen molar-refractivity contribution in [1.82, 2.24) is 14.7 Å². The SMILES string of the molecule is Cl.O=CNO.O=S(=O)(c1ccc(-c2ccc(OCCN3CCCC3)cc2)cc1)N1CCc2ccoc2C1. The van der Waals surface area contributed by atoms with Crippen LogP contribution >= 0.6 is 12.4 Å². The van der Waals surface area contributed by atoms with E-state index in [1.165, 1.54) is 35.7 Å². The summed E-state index contributed by atoms with van der Waals surface area (Å²) in [6.45, 7) is 4.77. The van der Waals surface area contributed by atoms with Crippen LogP contribution in [-0.2, 0) is 27.8 Å². The maximum absolute atomic E-state index is 13.1. The van der Waals surface area contributed by atoms with Crippen LogP contribution in [0.15, 0.2) is 70.2 Å². The number of halogens is 1. The number of carbonyl (C=O) groups excluding carboxylic acids is 1. The van der Waals surface area contributed by atoms with Crippen molar-refractivity contribution >= 4 is 28.8 Å². The standard InChI is InChI=1S/C25H28N2O4S.CH3NO2.ClH/c28-32(29,27-15-11-22-12-17-31-25(22)19-27)24-9-5-21(6-10-24)20-3-7-23(8-4-20)30-18-16-26-13-1-2-14-26;3-1-2-4;/h3-10,12,17H,1-2,11,13-16,18-19H2;1,4H,(H,2,3);1H. The van der Waals surface area contributed by atoms with E-state index in [1.807, 2.05) is 42.5 Å². The first-order chi connectivity index (χ1) is 17.5. The minimum atomic E-state index is -3.56. The summed E-state index contributed by atoms with van der Waals surface area (Å²) in [5, 5.41) is 7.26. The third kappa shape index (κ3) is 7.33. The summed E-state index contributed by atoms with van der Waals surface area (Å²) in [6, 6.07) is 17.0. The minimum Gasteiger partial charge on any atom is -0.492 e. The summed E-state index contributed by atoms with van der Waals surface area (Å²) in [5.41, 5.74) is 4.34. The zero-order chi connectivity index (χ0) is 25.4. The molecule has 2 aromatic carbocycles. The van der Waals surface area contributed by atoms with Crippen LogP contribution in [0.5, 0.6) is 5.75 Å². The highest BCUT2D eigenvalue weighted by molar-refractivity contribution is 7.89. The second-order valence-electron chi connectivity index (χ2n) is 8.65. The molecule has 0 bridgehead atoms. The summed E-state index contributed by atoms with van der Waals surface area (Å²) in [4.78, 5) is 11.5. The quantitative estimate of drug-likeness (QED) is 0.250. The number of hydrogen-bond acceptors (Lipinski definition) is 7. The predicted molar refractivity (Wildman–Crippen MR) is 141 cm³/mol. The van der Waals surface area contributed by atoms with E-state index < -0.39 is 10.0 Å². The van der Waals surface area contributed by atoms with Crippen molar-refractivity contribution in [2.24, 2.45) is 0 Å². The molecule has 1 fully saturated rings. The van der Waals surface area contributed by atoms with Gasteiger partial charge < -0.3 is 9.15 Å². The Morgan fingerprint density at radius 2 is 1.59 bits per heavy atom. The molecule has 2 aliphatic heterocycles. The van der Waals surface area contributed by atoms with Gasteiger partial charge in [-0.3, -0.25) is 14.9 Å². The number of nitrogens with zero attached hydrogens (tertiary/aromatic N) is 2. The number of rotatable bonds is 8. The molecule has 5 rings (SSSR count). The van der Waals surface area contributed by atoms with Gasteiger partial charge in [0.15, 0.2) is 0 Å². The molecule has 1 aromatic heterocycles. The Kier molecular flexibility index (Phi) is 10.5. The smallest absolute Gasteiger partial charge is 0.243 e. The molecule has 3 heterocycles. The lowest BCUT2D eigenvalue weighted by Gasteiger charge is -2.25. The highest BCUT2D eigenvalue weighted by atomic mass is 35.5. The average Bonchev–Trinajstić information content (AvgIpc) is 3.61. The molecule has 0 radical (unpaired) electrons. The Morgan fingerprint density at radius 1 is 0.973 bits per heavy atom. The third-order valence-corrected chi connectivity index (χ3v) is 8.25. The van der Waals surface area contributed by atoms with Gasteiger partial charge in [-0.05, 0) is 79.4 Å². The van der Waals surface area contributed by atoms with E-state index in [-0.39, 0.29) is 25.4 Å². The summed E-state index contributed by atoms with van der Waals surface area (Å²) in [6.07, 6.45) is 5.06. The Morgan fingerprint density at radius 3 is 2.22 bits per heavy atom. The zero-order valence-electron chi connectivity index (χ0n) is 20.4. The molecule has 0 aliphatic carbocycles. The van der Waals surface area contributed by atoms with Gasteiger partial charge in [-0.25, -0.2) is 13.9 Å². The highest BCUT2D eigenvalue weighted by Crippen LogP contribution is 2.28. The Bertz CT molecular complexity index is 1230. The number of amides is 1. The molecule has 0 atom stereocenters. The van der Waals surface area contributed by atoms with Gasteiger partial charge in [0, 0.05) is 13.1 Å². The van der Waals surface area contributed by atoms with Crippen molar-refractivity contribution in [2.45, 2.75) is 30.7 Å². The van der Waals surface area contributed by atoms with Crippen LogP contribution in [0, 0.1) is 0 Å². The maximum Gasteiger partial charge on any atom is 0.243 e. The van der Waals surface area contributed by atoms with Crippen LogP contribution in [-0.4, -0.2) is 62.0 Å². The molecular formula is C26H32ClN3O6S. The molecule has 0 saturated carbocycles. The number of hydroxylamine groups is 1. The number of carbonyl (C=O) groups is 1. The molecule has 2 N–H and O–H groups in total. The molecule has 1 amide bonds. The lowest BCUT2D eigenvalue weighted by molar-refractivity contribution is -0.116. The number of nitrogens with one attached hydrogen (secondary N) is 1. The molecular weight excluding hydrogens is 518 g/mol. The lowest BCUT2D eigenvalue weighted by atomic mass is 10.1. The number of sulfonamides is 1. The molecule has 0 unspecified atom stereocenters. The van der Waals surface area contributed by atoms with Crippen LogP contribution in [0.25, 0.3) is 11.1 Å². The van der Waals surface area contributed by atoms with Crippen LogP contribution in [0.2, 0.25) is 0 Å². The van der Waals surface area contributed by atoms with Crippen molar-refractivity contribution in [3.63, 3.8) is 0 Å². The van der Waals surface area contributed by atoms with E-state index in [0.29, 0.717) is 24.5 Å². The molecule has 9 nitrogen and oxygen atoms in total. The van der Waals surface area contributed by atoms with E-state index in [2.05, 4.69) is 4.90 Å². The normalized spacial score (nSPS) is 15.6. The maximum atomic E-state index is 13.1. The van der Waals surface area contributed by atoms with Gasteiger partial charge in [-0.15, -0.1) is 12.4 Å². The molecule has 2 aliphatic rings. The van der Waals surface area contributed by atoms with E-state index in [9.17, 15) is 8.42 Å². The van der Waals surface area contributed by atoms with Gasteiger partial charge in [-0.2, -0.15) is 4.31 Å². The predicted octanol–water partition coefficient (Wildman–Crippen LogP) is 3.71. The van der Waals surface area contributed by atoms with Crippen molar-refractivity contribution in [1.29, 1.82) is 0 Å². The number of benzene rings is 2. The van der Waals surface area contributed by atoms with Crippen molar-refractivity contribution < 1.29 is 27.6 Å². The average molecular weight is 550 g/mol. The summed E-state index contributed by atoms with van der Waals surface area (Å²) in [5.74, 6) is 1.59. The minimum absolute atomic E-state index is 0. The lowest BCUT2D eigenvalue weighted by Crippen LogP contribution is -2.35. The van der Waals surface area contributed by atoms with Gasteiger partial charge in [0.25, 0.3) is 0 Å². The Labute approximate surface area is 223 Å². The number of hydrogen-bond donors (Lipinski definition) is 2. The first-order valence-corrected chi connectivity index (χ1v) is 13.4. The molecule has 200 valence electrons. The van der Waals surface area contributed by atoms with E-state index >= 15 is 0 Å². The van der Waals surface area contributed by atoms with Crippen molar-refractivity contribution in [3.05, 3.63) is 72.2 Å². The summed E-state index contributed by atoms with van der Waals surface area (Å²) < 4.78 is 38.9. The fourth-order valence-electron chi connectivity index (χ4n) is 4.43. The Balaban J connectivity index is 0.000000711. The zero-order valence-corrected chi connectivity index (χ0v) is 22.0. The van der Waals surface area contributed by atoms with Gasteiger partial charge in [0.1, 0.15) is 18.1 Å². The first-order valence-electron chi connectivity index (χ1n) is 12.0. The highest BCUT2D eigenvalue weighted by Gasteiger charge is 2.29. The van der Waals surface area contributed by atoms with Crippen LogP contribution in [0.3, 0.4) is 0 Å². The Hall–Kier alpha value is -2.89.